The molecule has 1 unspecified atom stereocenters. The van der Waals surface area contributed by atoms with Gasteiger partial charge in [0.25, 0.3) is 0 Å². The number of ether oxygens (including phenoxy) is 2. The molecular formula is C24H36O5Se. The van der Waals surface area contributed by atoms with Crippen LogP contribution >= 0.6 is 0 Å². The van der Waals surface area contributed by atoms with Crippen molar-refractivity contribution in [1.29, 1.82) is 0 Å². The monoisotopic (exact) mass is 484 g/mol. The van der Waals surface area contributed by atoms with Gasteiger partial charge in [-0.1, -0.05) is 6.92 Å². The Bertz CT molecular complexity index is 646. The normalized spacial score (nSPS) is 12.8. The van der Waals surface area contributed by atoms with Gasteiger partial charge in [-0.05, 0) is 0 Å². The molecule has 1 atom stereocenters. The van der Waals surface area contributed by atoms with Crippen molar-refractivity contribution in [2.75, 3.05) is 14.2 Å². The van der Waals surface area contributed by atoms with Gasteiger partial charge < -0.3 is 0 Å². The molecule has 0 radical (unpaired) electrons. The molecule has 5 nitrogen and oxygen atoms in total. The van der Waals surface area contributed by atoms with E-state index in [2.05, 4.69) is 11.7 Å². The van der Waals surface area contributed by atoms with Crippen molar-refractivity contribution in [3.8, 4) is 0 Å². The van der Waals surface area contributed by atoms with Crippen LogP contribution in [-0.4, -0.2) is 46.9 Å². The van der Waals surface area contributed by atoms with Crippen molar-refractivity contribution >= 4 is 37.1 Å². The zero-order chi connectivity index (χ0) is 22.2. The van der Waals surface area contributed by atoms with E-state index in [1.807, 2.05) is 30.3 Å². The Morgan fingerprint density at radius 3 is 1.83 bits per heavy atom. The zero-order valence-corrected chi connectivity index (χ0v) is 20.3. The molecule has 0 bridgehead atoms. The number of unbranched alkanes of at least 4 members (excludes halogenated alkanes) is 9. The number of hydrogen-bond donors (Lipinski definition) is 0. The predicted octanol–water partition coefficient (Wildman–Crippen LogP) is 4.40. The molecule has 1 aromatic rings. The van der Waals surface area contributed by atoms with Crippen LogP contribution in [0.15, 0.2) is 30.3 Å². The fraction of sp³-hybridized carbons (Fsp3) is 0.625. The molecule has 0 aliphatic rings. The average Bonchev–Trinajstić information content (AvgIpc) is 2.78. The summed E-state index contributed by atoms with van der Waals surface area (Å²) >= 11 is -0.577. The molecule has 0 amide bonds. The van der Waals surface area contributed by atoms with Gasteiger partial charge in [-0.2, -0.15) is 0 Å². The Balaban J connectivity index is 2.72. The number of ketones is 1. The third-order valence-corrected chi connectivity index (χ3v) is 8.13. The molecule has 1 aromatic carbocycles. The summed E-state index contributed by atoms with van der Waals surface area (Å²) < 4.78 is 9.06. The summed E-state index contributed by atoms with van der Waals surface area (Å²) in [6, 6.07) is 9.36. The Kier molecular flexibility index (Phi) is 13.4. The fourth-order valence-electron chi connectivity index (χ4n) is 3.42. The molecule has 0 saturated carbocycles. The van der Waals surface area contributed by atoms with Crippen LogP contribution in [0.3, 0.4) is 0 Å². The first kappa shape index (κ1) is 26.4. The van der Waals surface area contributed by atoms with E-state index in [9.17, 15) is 14.4 Å². The Hall–Kier alpha value is -1.65. The van der Waals surface area contributed by atoms with Crippen molar-refractivity contribution in [2.45, 2.75) is 81.9 Å². The maximum absolute atomic E-state index is 12.9. The van der Waals surface area contributed by atoms with Gasteiger partial charge in [0.2, 0.25) is 0 Å². The van der Waals surface area contributed by atoms with Gasteiger partial charge in [0.15, 0.2) is 0 Å². The number of esters is 2. The van der Waals surface area contributed by atoms with E-state index < -0.39 is 37.0 Å². The number of rotatable bonds is 16. The van der Waals surface area contributed by atoms with E-state index in [1.54, 1.807) is 0 Å². The Morgan fingerprint density at radius 2 is 1.33 bits per heavy atom. The third-order valence-electron chi connectivity index (χ3n) is 5.17. The van der Waals surface area contributed by atoms with Gasteiger partial charge in [-0.25, -0.2) is 0 Å². The number of Topliss-reactive ketones (excluding diaryl/α,β-unsaturated/α-hetero) is 1. The summed E-state index contributed by atoms with van der Waals surface area (Å²) in [5, 5.41) is 0. The van der Waals surface area contributed by atoms with E-state index >= 15 is 0 Å². The van der Waals surface area contributed by atoms with Crippen molar-refractivity contribution in [3.63, 3.8) is 0 Å². The molecular weight excluding hydrogens is 447 g/mol. The second kappa shape index (κ2) is 15.2. The van der Waals surface area contributed by atoms with Crippen LogP contribution in [0, 0.1) is 0 Å². The maximum atomic E-state index is 12.9. The van der Waals surface area contributed by atoms with Crippen LogP contribution in [-0.2, 0) is 23.9 Å². The SMILES string of the molecule is CCCCCCCCCCCCC([Se]c1ccccc1)(C(=O)OC)C(=O)C(=O)OC. The number of carbonyl (C=O) groups excluding carboxylic acids is 3. The first-order valence-corrected chi connectivity index (χ1v) is 12.7. The quantitative estimate of drug-likeness (QED) is 0.115. The molecule has 6 heteroatoms. The topological polar surface area (TPSA) is 69.7 Å². The molecule has 0 spiro atoms. The van der Waals surface area contributed by atoms with Gasteiger partial charge >= 0.3 is 180 Å². The Labute approximate surface area is 187 Å². The van der Waals surface area contributed by atoms with Crippen molar-refractivity contribution in [2.24, 2.45) is 0 Å². The third kappa shape index (κ3) is 8.61. The minimum atomic E-state index is -1.48. The van der Waals surface area contributed by atoms with Gasteiger partial charge in [0.05, 0.1) is 0 Å². The number of hydrogen-bond acceptors (Lipinski definition) is 5. The minimum absolute atomic E-state index is 0.305. The summed E-state index contributed by atoms with van der Waals surface area (Å²) in [5.41, 5.74) is 0. The second-order valence-corrected chi connectivity index (χ2v) is 10.4. The molecule has 0 heterocycles. The zero-order valence-electron chi connectivity index (χ0n) is 18.6. The number of carbonyl (C=O) groups is 3. The van der Waals surface area contributed by atoms with E-state index in [1.165, 1.54) is 45.6 Å². The molecule has 0 aliphatic heterocycles. The molecule has 1 rings (SSSR count). The van der Waals surface area contributed by atoms with E-state index in [0.717, 1.165) is 30.8 Å². The molecule has 0 saturated heterocycles. The van der Waals surface area contributed by atoms with Gasteiger partial charge in [-0.3, -0.25) is 0 Å². The van der Waals surface area contributed by atoms with Crippen LogP contribution in [0.1, 0.15) is 77.6 Å². The number of methoxy groups -OCH3 is 2. The van der Waals surface area contributed by atoms with Crippen molar-refractivity contribution in [1.82, 2.24) is 0 Å². The molecule has 0 aliphatic carbocycles. The van der Waals surface area contributed by atoms with Crippen molar-refractivity contribution in [3.05, 3.63) is 30.3 Å². The summed E-state index contributed by atoms with van der Waals surface area (Å²) in [4.78, 5) is 37.8. The molecule has 168 valence electrons. The number of benzene rings is 1. The van der Waals surface area contributed by atoms with Crippen LogP contribution in [0.5, 0.6) is 0 Å². The van der Waals surface area contributed by atoms with Crippen LogP contribution in [0.25, 0.3) is 0 Å². The summed E-state index contributed by atoms with van der Waals surface area (Å²) in [7, 11) is 2.43. The van der Waals surface area contributed by atoms with E-state index in [4.69, 9.17) is 4.74 Å². The van der Waals surface area contributed by atoms with Crippen LogP contribution in [0.4, 0.5) is 0 Å². The average molecular weight is 484 g/mol. The molecule has 30 heavy (non-hydrogen) atoms. The van der Waals surface area contributed by atoms with Crippen LogP contribution < -0.4 is 4.46 Å². The van der Waals surface area contributed by atoms with E-state index in [-0.39, 0.29) is 0 Å². The first-order chi connectivity index (χ1) is 14.5. The standard InChI is InChI=1S/C24H36O5Se/c1-4-5-6-7-8-9-10-11-12-16-19-24(23(27)29-3,21(25)22(26)28-2)30-20-17-14-13-15-18-20/h13-15,17-18H,4-12,16,19H2,1-3H3. The summed E-state index contributed by atoms with van der Waals surface area (Å²) in [5.74, 6) is -2.42. The Morgan fingerprint density at radius 1 is 0.800 bits per heavy atom. The van der Waals surface area contributed by atoms with Crippen LogP contribution in [0.2, 0.25) is 4.31 Å². The molecule has 0 N–H and O–H groups in total. The first-order valence-electron chi connectivity index (χ1n) is 11.0. The van der Waals surface area contributed by atoms with Gasteiger partial charge in [0, 0.05) is 0 Å². The molecule has 0 aromatic heterocycles. The molecule has 0 fully saturated rings. The summed E-state index contributed by atoms with van der Waals surface area (Å²) in [6.45, 7) is 2.22. The second-order valence-electron chi connectivity index (χ2n) is 7.49. The van der Waals surface area contributed by atoms with E-state index in [0.29, 0.717) is 12.8 Å². The van der Waals surface area contributed by atoms with Gasteiger partial charge in [0.1, 0.15) is 0 Å². The van der Waals surface area contributed by atoms with Gasteiger partial charge in [-0.15, -0.1) is 0 Å². The van der Waals surface area contributed by atoms with Crippen molar-refractivity contribution < 1.29 is 23.9 Å². The summed E-state index contributed by atoms with van der Waals surface area (Å²) in [6.07, 6.45) is 11.8. The fourth-order valence-corrected chi connectivity index (χ4v) is 6.12. The predicted molar refractivity (Wildman–Crippen MR) is 120 cm³/mol.